The van der Waals surface area contributed by atoms with Gasteiger partial charge in [0, 0.05) is 24.6 Å². The van der Waals surface area contributed by atoms with Crippen LogP contribution in [0.5, 0.6) is 0 Å². The molecule has 20 heavy (non-hydrogen) atoms. The van der Waals surface area contributed by atoms with Crippen LogP contribution in [0.15, 0.2) is 36.7 Å². The highest BCUT2D eigenvalue weighted by Gasteiger charge is 2.39. The molecule has 0 bridgehead atoms. The maximum Gasteiger partial charge on any atom is 0.222 e. The fraction of sp³-hybridized carbons (Fsp3) is 0.357. The Balaban J connectivity index is 1.45. The highest BCUT2D eigenvalue weighted by atomic mass is 19.1. The molecule has 1 aromatic carbocycles. The van der Waals surface area contributed by atoms with Crippen molar-refractivity contribution in [3.8, 4) is 0 Å². The summed E-state index contributed by atoms with van der Waals surface area (Å²) in [4.78, 5) is 11.8. The summed E-state index contributed by atoms with van der Waals surface area (Å²) < 4.78 is 14.5. The lowest BCUT2D eigenvalue weighted by Crippen LogP contribution is -2.27. The zero-order valence-electron chi connectivity index (χ0n) is 10.9. The van der Waals surface area contributed by atoms with Gasteiger partial charge in [-0.3, -0.25) is 9.48 Å². The Hall–Kier alpha value is -2.24. The normalized spacial score (nSPS) is 20.6. The third-order valence-electron chi connectivity index (χ3n) is 3.47. The number of nitrogens with one attached hydrogen (secondary N) is 1. The molecule has 1 fully saturated rings. The predicted molar refractivity (Wildman–Crippen MR) is 70.3 cm³/mol. The summed E-state index contributed by atoms with van der Waals surface area (Å²) in [5.41, 5.74) is 1.08. The number of hydrogen-bond acceptors (Lipinski definition) is 3. The average Bonchev–Trinajstić information content (AvgIpc) is 3.00. The topological polar surface area (TPSA) is 59.8 Å². The van der Waals surface area contributed by atoms with Crippen LogP contribution in [-0.4, -0.2) is 26.9 Å². The van der Waals surface area contributed by atoms with E-state index < -0.39 is 0 Å². The van der Waals surface area contributed by atoms with E-state index in [0.717, 1.165) is 12.0 Å². The Morgan fingerprint density at radius 2 is 2.20 bits per heavy atom. The van der Waals surface area contributed by atoms with Gasteiger partial charge in [-0.1, -0.05) is 17.3 Å². The first kappa shape index (κ1) is 12.8. The van der Waals surface area contributed by atoms with Crippen molar-refractivity contribution in [3.63, 3.8) is 0 Å². The van der Waals surface area contributed by atoms with Gasteiger partial charge in [-0.05, 0) is 24.1 Å². The molecule has 104 valence electrons. The van der Waals surface area contributed by atoms with Crippen LogP contribution in [-0.2, 0) is 11.3 Å². The summed E-state index contributed by atoms with van der Waals surface area (Å²) in [7, 11) is 0. The summed E-state index contributed by atoms with van der Waals surface area (Å²) in [6.07, 6.45) is 4.62. The number of amides is 1. The molecule has 0 aliphatic heterocycles. The molecule has 6 heteroatoms. The number of hydrogen-bond donors (Lipinski definition) is 1. The number of carbonyl (C=O) groups excluding carboxylic acids is 1. The van der Waals surface area contributed by atoms with Crippen LogP contribution in [0.3, 0.4) is 0 Å². The molecule has 1 aromatic heterocycles. The zero-order chi connectivity index (χ0) is 13.9. The standard InChI is InChI=1S/C14H15FN4O/c15-11-3-1-10(2-4-11)12-9-13(12)17-14(20)5-7-19-8-6-16-18-19/h1-4,6,8,12-13H,5,7,9H2,(H,17,20)/t12-,13+/m0/s1. The van der Waals surface area contributed by atoms with E-state index in [2.05, 4.69) is 15.6 Å². The minimum Gasteiger partial charge on any atom is -0.353 e. The van der Waals surface area contributed by atoms with E-state index in [1.54, 1.807) is 29.2 Å². The number of carbonyl (C=O) groups is 1. The summed E-state index contributed by atoms with van der Waals surface area (Å²) in [5.74, 6) is 0.0869. The third-order valence-corrected chi connectivity index (χ3v) is 3.47. The first-order chi connectivity index (χ1) is 9.72. The van der Waals surface area contributed by atoms with Crippen LogP contribution in [0.2, 0.25) is 0 Å². The lowest BCUT2D eigenvalue weighted by Gasteiger charge is -2.05. The Bertz CT molecular complexity index is 582. The molecule has 1 N–H and O–H groups in total. The van der Waals surface area contributed by atoms with Crippen molar-refractivity contribution in [2.45, 2.75) is 31.3 Å². The van der Waals surface area contributed by atoms with Gasteiger partial charge in [-0.25, -0.2) is 4.39 Å². The number of benzene rings is 1. The van der Waals surface area contributed by atoms with Crippen molar-refractivity contribution in [1.29, 1.82) is 0 Å². The predicted octanol–water partition coefficient (Wildman–Crippen LogP) is 1.48. The number of aryl methyl sites for hydroxylation is 1. The molecule has 0 saturated heterocycles. The van der Waals surface area contributed by atoms with Gasteiger partial charge in [0.05, 0.1) is 12.7 Å². The van der Waals surface area contributed by atoms with Crippen molar-refractivity contribution in [3.05, 3.63) is 48.0 Å². The molecular formula is C14H15FN4O. The Labute approximate surface area is 115 Å². The maximum absolute atomic E-state index is 12.8. The fourth-order valence-corrected chi connectivity index (χ4v) is 2.28. The Morgan fingerprint density at radius 1 is 1.40 bits per heavy atom. The van der Waals surface area contributed by atoms with Gasteiger partial charge in [0.15, 0.2) is 0 Å². The van der Waals surface area contributed by atoms with Crippen LogP contribution in [0.25, 0.3) is 0 Å². The maximum atomic E-state index is 12.8. The monoisotopic (exact) mass is 274 g/mol. The van der Waals surface area contributed by atoms with E-state index in [0.29, 0.717) is 18.9 Å². The third kappa shape index (κ3) is 3.01. The first-order valence-electron chi connectivity index (χ1n) is 6.61. The molecule has 1 aliphatic carbocycles. The minimum absolute atomic E-state index is 0.00936. The number of rotatable bonds is 5. The zero-order valence-corrected chi connectivity index (χ0v) is 10.9. The highest BCUT2D eigenvalue weighted by molar-refractivity contribution is 5.76. The second-order valence-corrected chi connectivity index (χ2v) is 4.98. The Kier molecular flexibility index (Phi) is 3.45. The molecule has 1 heterocycles. The van der Waals surface area contributed by atoms with Crippen molar-refractivity contribution in [1.82, 2.24) is 20.3 Å². The van der Waals surface area contributed by atoms with Crippen molar-refractivity contribution in [2.75, 3.05) is 0 Å². The van der Waals surface area contributed by atoms with E-state index in [4.69, 9.17) is 0 Å². The highest BCUT2D eigenvalue weighted by Crippen LogP contribution is 2.40. The lowest BCUT2D eigenvalue weighted by molar-refractivity contribution is -0.121. The first-order valence-corrected chi connectivity index (χ1v) is 6.61. The van der Waals surface area contributed by atoms with E-state index in [9.17, 15) is 9.18 Å². The van der Waals surface area contributed by atoms with E-state index >= 15 is 0 Å². The van der Waals surface area contributed by atoms with Crippen LogP contribution in [0.1, 0.15) is 24.3 Å². The second-order valence-electron chi connectivity index (χ2n) is 4.98. The summed E-state index contributed by atoms with van der Waals surface area (Å²) >= 11 is 0. The Morgan fingerprint density at radius 3 is 2.90 bits per heavy atom. The summed E-state index contributed by atoms with van der Waals surface area (Å²) in [6, 6.07) is 6.64. The molecule has 0 spiro atoms. The molecule has 3 rings (SSSR count). The number of aromatic nitrogens is 3. The van der Waals surface area contributed by atoms with Crippen LogP contribution >= 0.6 is 0 Å². The second kappa shape index (κ2) is 5.40. The van der Waals surface area contributed by atoms with Crippen molar-refractivity contribution in [2.24, 2.45) is 0 Å². The molecule has 1 saturated carbocycles. The van der Waals surface area contributed by atoms with E-state index in [1.807, 2.05) is 0 Å². The van der Waals surface area contributed by atoms with Crippen molar-refractivity contribution < 1.29 is 9.18 Å². The summed E-state index contributed by atoms with van der Waals surface area (Å²) in [6.45, 7) is 0.528. The quantitative estimate of drug-likeness (QED) is 0.898. The largest absolute Gasteiger partial charge is 0.353 e. The molecule has 0 radical (unpaired) electrons. The summed E-state index contributed by atoms with van der Waals surface area (Å²) in [5, 5.41) is 10.5. The van der Waals surface area contributed by atoms with Crippen LogP contribution in [0.4, 0.5) is 4.39 Å². The van der Waals surface area contributed by atoms with E-state index in [-0.39, 0.29) is 17.8 Å². The SMILES string of the molecule is O=C(CCn1ccnn1)N[C@@H]1C[C@H]1c1ccc(F)cc1. The van der Waals surface area contributed by atoms with Gasteiger partial charge in [-0.15, -0.1) is 5.10 Å². The van der Waals surface area contributed by atoms with Crippen LogP contribution in [0, 0.1) is 5.82 Å². The lowest BCUT2D eigenvalue weighted by atomic mass is 10.1. The molecule has 1 amide bonds. The molecule has 5 nitrogen and oxygen atoms in total. The van der Waals surface area contributed by atoms with E-state index in [1.165, 1.54) is 12.1 Å². The number of halogens is 1. The molecule has 2 atom stereocenters. The van der Waals surface area contributed by atoms with Gasteiger partial charge in [0.1, 0.15) is 5.82 Å². The molecular weight excluding hydrogens is 259 g/mol. The minimum atomic E-state index is -0.234. The van der Waals surface area contributed by atoms with Gasteiger partial charge in [-0.2, -0.15) is 0 Å². The number of nitrogens with zero attached hydrogens (tertiary/aromatic N) is 3. The van der Waals surface area contributed by atoms with Gasteiger partial charge in [0.2, 0.25) is 5.91 Å². The van der Waals surface area contributed by atoms with Crippen molar-refractivity contribution >= 4 is 5.91 Å². The van der Waals surface area contributed by atoms with Gasteiger partial charge in [0.25, 0.3) is 0 Å². The fourth-order valence-electron chi connectivity index (χ4n) is 2.28. The smallest absolute Gasteiger partial charge is 0.222 e. The average molecular weight is 274 g/mol. The van der Waals surface area contributed by atoms with Gasteiger partial charge >= 0.3 is 0 Å². The van der Waals surface area contributed by atoms with Crippen LogP contribution < -0.4 is 5.32 Å². The molecule has 0 unspecified atom stereocenters. The molecule has 2 aromatic rings. The molecule has 1 aliphatic rings. The van der Waals surface area contributed by atoms with Gasteiger partial charge < -0.3 is 5.32 Å².